The van der Waals surface area contributed by atoms with Gasteiger partial charge in [0, 0.05) is 26.4 Å². The lowest BCUT2D eigenvalue weighted by Crippen LogP contribution is -2.35. The van der Waals surface area contributed by atoms with E-state index >= 15 is 0 Å². The summed E-state index contributed by atoms with van der Waals surface area (Å²) in [6.07, 6.45) is 1.25. The summed E-state index contributed by atoms with van der Waals surface area (Å²) in [7, 11) is -0.475. The molecule has 0 aliphatic carbocycles. The van der Waals surface area contributed by atoms with E-state index in [0.717, 1.165) is 0 Å². The first kappa shape index (κ1) is 15.2. The normalized spacial score (nSPS) is 13.3. The van der Waals surface area contributed by atoms with Gasteiger partial charge in [-0.05, 0) is 13.0 Å². The lowest BCUT2D eigenvalue weighted by Gasteiger charge is -2.13. The summed E-state index contributed by atoms with van der Waals surface area (Å²) in [5, 5.41) is 3.01. The average molecular weight is 294 g/mol. The first-order valence-corrected chi connectivity index (χ1v) is 7.11. The lowest BCUT2D eigenvalue weighted by molar-refractivity contribution is 0.180. The molecule has 0 fully saturated rings. The minimum atomic E-state index is -3.63. The first-order valence-electron chi connectivity index (χ1n) is 5.25. The maximum Gasteiger partial charge on any atom is 0.242 e. The first-order chi connectivity index (χ1) is 8.40. The molecule has 0 bridgehead atoms. The Morgan fingerprint density at radius 2 is 2.22 bits per heavy atom. The second-order valence-corrected chi connectivity index (χ2v) is 5.85. The van der Waals surface area contributed by atoms with Gasteiger partial charge in [-0.25, -0.2) is 18.1 Å². The molecule has 0 amide bonds. The largest absolute Gasteiger partial charge is 0.383 e. The molecular formula is C10H16ClN3O3S. The van der Waals surface area contributed by atoms with Gasteiger partial charge < -0.3 is 10.1 Å². The van der Waals surface area contributed by atoms with Crippen LogP contribution in [-0.2, 0) is 14.8 Å². The molecule has 8 heteroatoms. The van der Waals surface area contributed by atoms with Crippen molar-refractivity contribution >= 4 is 27.4 Å². The van der Waals surface area contributed by atoms with Crippen LogP contribution in [0, 0.1) is 0 Å². The molecule has 1 atom stereocenters. The van der Waals surface area contributed by atoms with Gasteiger partial charge in [-0.3, -0.25) is 0 Å². The fraction of sp³-hybridized carbons (Fsp3) is 0.500. The van der Waals surface area contributed by atoms with Crippen LogP contribution in [0.4, 0.5) is 5.82 Å². The molecule has 1 heterocycles. The Balaban J connectivity index is 2.95. The molecule has 0 aliphatic rings. The summed E-state index contributed by atoms with van der Waals surface area (Å²) in [6.45, 7) is 1.99. The van der Waals surface area contributed by atoms with Crippen molar-refractivity contribution in [3.8, 4) is 0 Å². The number of nitrogens with zero attached hydrogens (tertiary/aromatic N) is 1. The van der Waals surface area contributed by atoms with E-state index in [1.165, 1.54) is 19.4 Å². The Bertz CT molecular complexity index is 507. The van der Waals surface area contributed by atoms with Gasteiger partial charge in [-0.15, -0.1) is 0 Å². The van der Waals surface area contributed by atoms with E-state index in [4.69, 9.17) is 16.3 Å². The molecule has 0 spiro atoms. The van der Waals surface area contributed by atoms with Gasteiger partial charge in [0.2, 0.25) is 10.0 Å². The fourth-order valence-corrected chi connectivity index (χ4v) is 2.89. The minimum absolute atomic E-state index is 0.0226. The molecule has 1 aromatic rings. The van der Waals surface area contributed by atoms with Gasteiger partial charge in [0.1, 0.15) is 10.7 Å². The molecule has 18 heavy (non-hydrogen) atoms. The summed E-state index contributed by atoms with van der Waals surface area (Å²) >= 11 is 5.89. The van der Waals surface area contributed by atoms with Crippen molar-refractivity contribution in [1.82, 2.24) is 9.71 Å². The number of nitrogens with one attached hydrogen (secondary N) is 2. The maximum absolute atomic E-state index is 12.0. The zero-order valence-electron chi connectivity index (χ0n) is 10.4. The highest BCUT2D eigenvalue weighted by atomic mass is 35.5. The Labute approximate surface area is 112 Å². The van der Waals surface area contributed by atoms with Crippen molar-refractivity contribution < 1.29 is 13.2 Å². The standard InChI is InChI=1S/C10H16ClN3O3S/c1-7(6-17-3)14-18(15,16)8-4-9(11)10(12-2)13-5-8/h4-5,7,14H,6H2,1-3H3,(H,12,13). The van der Waals surface area contributed by atoms with Crippen molar-refractivity contribution in [2.45, 2.75) is 17.9 Å². The third kappa shape index (κ3) is 3.81. The van der Waals surface area contributed by atoms with Crippen molar-refractivity contribution in [2.24, 2.45) is 0 Å². The molecule has 1 rings (SSSR count). The molecule has 0 aliphatic heterocycles. The number of hydrogen-bond donors (Lipinski definition) is 2. The van der Waals surface area contributed by atoms with Crippen LogP contribution in [0.15, 0.2) is 17.2 Å². The van der Waals surface area contributed by atoms with Crippen molar-refractivity contribution in [3.63, 3.8) is 0 Å². The summed E-state index contributed by atoms with van der Waals surface area (Å²) < 4.78 is 31.3. The number of pyridine rings is 1. The van der Waals surface area contributed by atoms with Crippen LogP contribution in [-0.4, -0.2) is 40.2 Å². The second-order valence-electron chi connectivity index (χ2n) is 3.73. The number of sulfonamides is 1. The Morgan fingerprint density at radius 3 is 2.72 bits per heavy atom. The molecule has 1 aromatic heterocycles. The second kappa shape index (κ2) is 6.33. The molecule has 0 aromatic carbocycles. The maximum atomic E-state index is 12.0. The van der Waals surface area contributed by atoms with Crippen LogP contribution >= 0.6 is 11.6 Å². The minimum Gasteiger partial charge on any atom is -0.383 e. The monoisotopic (exact) mass is 293 g/mol. The predicted molar refractivity (Wildman–Crippen MR) is 70.5 cm³/mol. The average Bonchev–Trinajstić information content (AvgIpc) is 2.28. The van der Waals surface area contributed by atoms with Gasteiger partial charge in [0.05, 0.1) is 11.6 Å². The highest BCUT2D eigenvalue weighted by Gasteiger charge is 2.19. The number of hydrogen-bond acceptors (Lipinski definition) is 5. The van der Waals surface area contributed by atoms with Gasteiger partial charge in [-0.1, -0.05) is 11.6 Å². The topological polar surface area (TPSA) is 80.3 Å². The SMILES string of the molecule is CNc1ncc(S(=O)(=O)NC(C)COC)cc1Cl. The number of ether oxygens (including phenoxy) is 1. The Kier molecular flexibility index (Phi) is 5.33. The van der Waals surface area contributed by atoms with Gasteiger partial charge in [-0.2, -0.15) is 0 Å². The lowest BCUT2D eigenvalue weighted by atomic mass is 10.4. The van der Waals surface area contributed by atoms with Gasteiger partial charge in [0.15, 0.2) is 0 Å². The van der Waals surface area contributed by atoms with Crippen LogP contribution in [0.5, 0.6) is 0 Å². The summed E-state index contributed by atoms with van der Waals surface area (Å²) in [5.41, 5.74) is 0. The van der Waals surface area contributed by atoms with Crippen LogP contribution in [0.1, 0.15) is 6.92 Å². The van der Waals surface area contributed by atoms with Gasteiger partial charge >= 0.3 is 0 Å². The van der Waals surface area contributed by atoms with E-state index in [2.05, 4.69) is 15.0 Å². The molecule has 2 N–H and O–H groups in total. The van der Waals surface area contributed by atoms with Crippen molar-refractivity contribution in [3.05, 3.63) is 17.3 Å². The van der Waals surface area contributed by atoms with E-state index in [-0.39, 0.29) is 22.6 Å². The van der Waals surface area contributed by atoms with E-state index in [0.29, 0.717) is 5.82 Å². The summed E-state index contributed by atoms with van der Waals surface area (Å²) in [5.74, 6) is 0.431. The fourth-order valence-electron chi connectivity index (χ4n) is 1.37. The van der Waals surface area contributed by atoms with E-state index < -0.39 is 10.0 Å². The predicted octanol–water partition coefficient (Wildman–Crippen LogP) is 1.09. The van der Waals surface area contributed by atoms with Crippen LogP contribution in [0.3, 0.4) is 0 Å². The molecule has 6 nitrogen and oxygen atoms in total. The molecule has 0 saturated heterocycles. The Hall–Kier alpha value is -0.890. The molecule has 102 valence electrons. The van der Waals surface area contributed by atoms with Crippen molar-refractivity contribution in [1.29, 1.82) is 0 Å². The number of halogens is 1. The molecular weight excluding hydrogens is 278 g/mol. The zero-order chi connectivity index (χ0) is 13.8. The molecule has 1 unspecified atom stereocenters. The van der Waals surface area contributed by atoms with Crippen molar-refractivity contribution in [2.75, 3.05) is 26.1 Å². The number of methoxy groups -OCH3 is 1. The number of anilines is 1. The number of rotatable bonds is 6. The zero-order valence-corrected chi connectivity index (χ0v) is 12.0. The number of aromatic nitrogens is 1. The quantitative estimate of drug-likeness (QED) is 0.821. The smallest absolute Gasteiger partial charge is 0.242 e. The van der Waals surface area contributed by atoms with E-state index in [1.807, 2.05) is 0 Å². The van der Waals surface area contributed by atoms with Crippen LogP contribution in [0.2, 0.25) is 5.02 Å². The van der Waals surface area contributed by atoms with Crippen LogP contribution in [0.25, 0.3) is 0 Å². The molecule has 0 saturated carbocycles. The third-order valence-corrected chi connectivity index (χ3v) is 3.98. The third-order valence-electron chi connectivity index (χ3n) is 2.14. The summed E-state index contributed by atoms with van der Waals surface area (Å²) in [4.78, 5) is 3.95. The molecule has 0 radical (unpaired) electrons. The van der Waals surface area contributed by atoms with E-state index in [1.54, 1.807) is 14.0 Å². The van der Waals surface area contributed by atoms with E-state index in [9.17, 15) is 8.42 Å². The highest BCUT2D eigenvalue weighted by Crippen LogP contribution is 2.21. The Morgan fingerprint density at radius 1 is 1.56 bits per heavy atom. The van der Waals surface area contributed by atoms with Gasteiger partial charge in [0.25, 0.3) is 0 Å². The summed E-state index contributed by atoms with van der Waals surface area (Å²) in [6, 6.07) is 1.02. The highest BCUT2D eigenvalue weighted by molar-refractivity contribution is 7.89. The van der Waals surface area contributed by atoms with Crippen LogP contribution < -0.4 is 10.0 Å².